The molecule has 0 radical (unpaired) electrons. The normalized spacial score (nSPS) is 11.2. The van der Waals surface area contributed by atoms with Gasteiger partial charge in [-0.25, -0.2) is 9.18 Å². The first-order valence-electron chi connectivity index (χ1n) is 10.8. The van der Waals surface area contributed by atoms with E-state index in [1.807, 2.05) is 6.07 Å². The van der Waals surface area contributed by atoms with E-state index in [9.17, 15) is 19.2 Å². The Bertz CT molecular complexity index is 1550. The molecule has 2 heterocycles. The SMILES string of the molecule is CCOC(=O)c1c(-c2ccc(F)cc2)csc1NC(=O)/C(C#N)=C/c1ccc(-c2cc(Cl)ccc2Cl)o1. The Morgan fingerprint density at radius 1 is 1.14 bits per heavy atom. The van der Waals surface area contributed by atoms with Crippen molar-refractivity contribution in [1.82, 2.24) is 0 Å². The summed E-state index contributed by atoms with van der Waals surface area (Å²) in [5.41, 5.74) is 1.45. The summed E-state index contributed by atoms with van der Waals surface area (Å²) in [5, 5.41) is 15.0. The maximum Gasteiger partial charge on any atom is 0.341 e. The van der Waals surface area contributed by atoms with Crippen LogP contribution in [0.1, 0.15) is 23.0 Å². The molecule has 186 valence electrons. The van der Waals surface area contributed by atoms with E-state index in [2.05, 4.69) is 5.32 Å². The highest BCUT2D eigenvalue weighted by Gasteiger charge is 2.24. The third kappa shape index (κ3) is 5.92. The van der Waals surface area contributed by atoms with E-state index in [-0.39, 0.29) is 28.5 Å². The lowest BCUT2D eigenvalue weighted by atomic mass is 10.0. The molecule has 0 unspecified atom stereocenters. The van der Waals surface area contributed by atoms with Crippen LogP contribution in [0.3, 0.4) is 0 Å². The average molecular weight is 555 g/mol. The van der Waals surface area contributed by atoms with Crippen molar-refractivity contribution in [2.45, 2.75) is 6.92 Å². The van der Waals surface area contributed by atoms with Crippen molar-refractivity contribution in [3.05, 3.63) is 92.7 Å². The van der Waals surface area contributed by atoms with Crippen LogP contribution in [0.5, 0.6) is 0 Å². The lowest BCUT2D eigenvalue weighted by molar-refractivity contribution is -0.112. The smallest absolute Gasteiger partial charge is 0.341 e. The molecular weight excluding hydrogens is 538 g/mol. The Balaban J connectivity index is 1.63. The summed E-state index contributed by atoms with van der Waals surface area (Å²) >= 11 is 13.4. The largest absolute Gasteiger partial charge is 0.462 e. The van der Waals surface area contributed by atoms with Crippen LogP contribution < -0.4 is 5.32 Å². The monoisotopic (exact) mass is 554 g/mol. The third-order valence-electron chi connectivity index (χ3n) is 5.13. The Morgan fingerprint density at radius 2 is 1.89 bits per heavy atom. The Morgan fingerprint density at radius 3 is 2.59 bits per heavy atom. The van der Waals surface area contributed by atoms with Gasteiger partial charge in [0.25, 0.3) is 5.91 Å². The molecule has 0 aliphatic heterocycles. The number of esters is 1. The fourth-order valence-corrected chi connectivity index (χ4v) is 4.76. The number of furan rings is 1. The molecule has 4 aromatic rings. The highest BCUT2D eigenvalue weighted by atomic mass is 35.5. The number of rotatable bonds is 7. The highest BCUT2D eigenvalue weighted by Crippen LogP contribution is 2.37. The molecule has 0 aliphatic rings. The summed E-state index contributed by atoms with van der Waals surface area (Å²) < 4.78 is 24.3. The van der Waals surface area contributed by atoms with Gasteiger partial charge in [-0.15, -0.1) is 11.3 Å². The zero-order valence-corrected chi connectivity index (χ0v) is 21.5. The maximum atomic E-state index is 13.4. The van der Waals surface area contributed by atoms with Crippen molar-refractivity contribution < 1.29 is 23.1 Å². The zero-order valence-electron chi connectivity index (χ0n) is 19.2. The molecule has 0 saturated heterocycles. The number of hydrogen-bond donors (Lipinski definition) is 1. The second-order valence-corrected chi connectivity index (χ2v) is 9.25. The Hall–Kier alpha value is -3.90. The lowest BCUT2D eigenvalue weighted by Crippen LogP contribution is -2.16. The first-order valence-corrected chi connectivity index (χ1v) is 12.5. The number of nitriles is 1. The second kappa shape index (κ2) is 11.4. The number of halogens is 3. The number of thiophene rings is 1. The number of nitrogens with one attached hydrogen (secondary N) is 1. The minimum absolute atomic E-state index is 0.111. The first kappa shape index (κ1) is 26.2. The maximum absolute atomic E-state index is 13.4. The molecule has 37 heavy (non-hydrogen) atoms. The number of carbonyl (C=O) groups is 2. The molecule has 0 spiro atoms. The minimum atomic E-state index is -0.751. The molecule has 2 aromatic carbocycles. The molecule has 0 fully saturated rings. The number of hydrogen-bond acceptors (Lipinski definition) is 6. The van der Waals surface area contributed by atoms with Gasteiger partial charge in [0, 0.05) is 27.6 Å². The van der Waals surface area contributed by atoms with E-state index in [1.165, 1.54) is 30.3 Å². The van der Waals surface area contributed by atoms with Crippen LogP contribution >= 0.6 is 34.5 Å². The van der Waals surface area contributed by atoms with Crippen molar-refractivity contribution in [2.24, 2.45) is 0 Å². The zero-order chi connectivity index (χ0) is 26.5. The fourth-order valence-electron chi connectivity index (χ4n) is 3.42. The van der Waals surface area contributed by atoms with Gasteiger partial charge in [-0.05, 0) is 55.0 Å². The van der Waals surface area contributed by atoms with Crippen molar-refractivity contribution >= 4 is 57.5 Å². The van der Waals surface area contributed by atoms with E-state index < -0.39 is 17.7 Å². The summed E-state index contributed by atoms with van der Waals surface area (Å²) in [7, 11) is 0. The number of nitrogens with zero attached hydrogens (tertiary/aromatic N) is 1. The van der Waals surface area contributed by atoms with Gasteiger partial charge in [-0.1, -0.05) is 35.3 Å². The molecule has 2 aromatic heterocycles. The van der Waals surface area contributed by atoms with Gasteiger partial charge in [0.1, 0.15) is 39.5 Å². The first-order chi connectivity index (χ1) is 17.8. The number of carbonyl (C=O) groups excluding carboxylic acids is 2. The third-order valence-corrected chi connectivity index (χ3v) is 6.59. The van der Waals surface area contributed by atoms with E-state index in [1.54, 1.807) is 42.6 Å². The van der Waals surface area contributed by atoms with E-state index in [4.69, 9.17) is 32.4 Å². The predicted molar refractivity (Wildman–Crippen MR) is 142 cm³/mol. The Labute approximate surface area is 225 Å². The summed E-state index contributed by atoms with van der Waals surface area (Å²) in [6.07, 6.45) is 1.27. The van der Waals surface area contributed by atoms with Crippen LogP contribution in [0.15, 0.2) is 70.0 Å². The van der Waals surface area contributed by atoms with Crippen molar-refractivity contribution in [3.8, 4) is 28.5 Å². The number of anilines is 1. The highest BCUT2D eigenvalue weighted by molar-refractivity contribution is 7.15. The van der Waals surface area contributed by atoms with Gasteiger partial charge < -0.3 is 14.5 Å². The predicted octanol–water partition coefficient (Wildman–Crippen LogP) is 7.84. The average Bonchev–Trinajstić information content (AvgIpc) is 3.52. The number of benzene rings is 2. The molecule has 10 heteroatoms. The molecule has 0 atom stereocenters. The van der Waals surface area contributed by atoms with Crippen LogP contribution in [0, 0.1) is 17.1 Å². The number of ether oxygens (including phenoxy) is 1. The summed E-state index contributed by atoms with van der Waals surface area (Å²) in [4.78, 5) is 25.7. The molecule has 1 N–H and O–H groups in total. The van der Waals surface area contributed by atoms with Gasteiger partial charge in [-0.3, -0.25) is 4.79 Å². The quantitative estimate of drug-likeness (QED) is 0.143. The van der Waals surface area contributed by atoms with Crippen LogP contribution in [0.25, 0.3) is 28.5 Å². The van der Waals surface area contributed by atoms with E-state index >= 15 is 0 Å². The lowest BCUT2D eigenvalue weighted by Gasteiger charge is -2.08. The van der Waals surface area contributed by atoms with Gasteiger partial charge in [0.05, 0.1) is 11.6 Å². The molecule has 0 aliphatic carbocycles. The molecule has 0 saturated carbocycles. The van der Waals surface area contributed by atoms with E-state index in [0.717, 1.165) is 11.3 Å². The van der Waals surface area contributed by atoms with Gasteiger partial charge in [0.15, 0.2) is 0 Å². The topological polar surface area (TPSA) is 92.3 Å². The van der Waals surface area contributed by atoms with Crippen molar-refractivity contribution in [1.29, 1.82) is 5.26 Å². The second-order valence-electron chi connectivity index (χ2n) is 7.53. The van der Waals surface area contributed by atoms with Crippen LogP contribution in [-0.4, -0.2) is 18.5 Å². The van der Waals surface area contributed by atoms with Crippen molar-refractivity contribution in [2.75, 3.05) is 11.9 Å². The summed E-state index contributed by atoms with van der Waals surface area (Å²) in [6.45, 7) is 1.77. The standard InChI is InChI=1S/C27H17Cl2FN2O4S/c1-2-35-27(34)24-21(15-3-6-18(30)7-4-15)14-37-26(24)32-25(33)16(13-31)11-19-8-10-23(36-19)20-12-17(28)5-9-22(20)29/h3-12,14H,2H2,1H3,(H,32,33)/b16-11+. The number of amides is 1. The summed E-state index contributed by atoms with van der Waals surface area (Å²) in [5.74, 6) is -1.19. The molecular formula is C27H17Cl2FN2O4S. The Kier molecular flexibility index (Phi) is 8.09. The van der Waals surface area contributed by atoms with Gasteiger partial charge in [0.2, 0.25) is 0 Å². The van der Waals surface area contributed by atoms with Crippen LogP contribution in [-0.2, 0) is 9.53 Å². The van der Waals surface area contributed by atoms with E-state index in [0.29, 0.717) is 32.5 Å². The van der Waals surface area contributed by atoms with Crippen LogP contribution in [0.4, 0.5) is 9.39 Å². The minimum Gasteiger partial charge on any atom is -0.462 e. The van der Waals surface area contributed by atoms with Gasteiger partial charge in [-0.2, -0.15) is 5.26 Å². The molecule has 1 amide bonds. The molecule has 4 rings (SSSR count). The van der Waals surface area contributed by atoms with Crippen molar-refractivity contribution in [3.63, 3.8) is 0 Å². The summed E-state index contributed by atoms with van der Waals surface area (Å²) in [6, 6.07) is 15.6. The molecule has 6 nitrogen and oxygen atoms in total. The fraction of sp³-hybridized carbons (Fsp3) is 0.0741. The van der Waals surface area contributed by atoms with Crippen LogP contribution in [0.2, 0.25) is 10.0 Å². The van der Waals surface area contributed by atoms with Gasteiger partial charge >= 0.3 is 5.97 Å². The molecule has 0 bridgehead atoms.